The Morgan fingerprint density at radius 3 is 1.73 bits per heavy atom. The third-order valence-corrected chi connectivity index (χ3v) is 10.2. The van der Waals surface area contributed by atoms with Gasteiger partial charge in [-0.25, -0.2) is 19.8 Å². The molecule has 0 atom stereocenters. The number of nitrogens with zero attached hydrogens (tertiary/aromatic N) is 5. The Bertz CT molecular complexity index is 2950. The van der Waals surface area contributed by atoms with Crippen LogP contribution in [0.1, 0.15) is 11.1 Å². The fraction of sp³-hybridized carbons (Fsp3) is 0.0377. The van der Waals surface area contributed by atoms with E-state index in [-0.39, 0.29) is 20.1 Å². The van der Waals surface area contributed by atoms with Crippen molar-refractivity contribution in [2.45, 2.75) is 13.8 Å². The SMILES string of the molecule is [C-]#[N+]c1cccc(-c2nc(-c3ccccc3)nc(-c3ccc(-c4[c-]cc(-c5ccccc5-c5cc(C)cc(C)c5)c(-c5cccc(-c6ccccc6)c5)c4)nc3)n2)c1.[Ir]. The smallest absolute Gasteiger partial charge is 0.187 e. The van der Waals surface area contributed by atoms with E-state index < -0.39 is 0 Å². The summed E-state index contributed by atoms with van der Waals surface area (Å²) >= 11 is 0. The molecule has 283 valence electrons. The van der Waals surface area contributed by atoms with Crippen molar-refractivity contribution in [3.8, 4) is 89.9 Å². The zero-order valence-corrected chi connectivity index (χ0v) is 34.8. The van der Waals surface area contributed by atoms with Gasteiger partial charge in [-0.15, -0.1) is 23.8 Å². The quantitative estimate of drug-likeness (QED) is 0.142. The van der Waals surface area contributed by atoms with E-state index in [1.165, 1.54) is 22.3 Å². The molecule has 59 heavy (non-hydrogen) atoms. The molecule has 0 amide bonds. The first-order valence-electron chi connectivity index (χ1n) is 19.1. The molecule has 0 N–H and O–H groups in total. The summed E-state index contributed by atoms with van der Waals surface area (Å²) < 4.78 is 0. The second-order valence-electron chi connectivity index (χ2n) is 14.3. The van der Waals surface area contributed by atoms with Crippen molar-refractivity contribution < 1.29 is 20.1 Å². The fourth-order valence-electron chi connectivity index (χ4n) is 7.45. The zero-order valence-electron chi connectivity index (χ0n) is 32.4. The van der Waals surface area contributed by atoms with E-state index in [9.17, 15) is 0 Å². The molecule has 0 aliphatic heterocycles. The van der Waals surface area contributed by atoms with E-state index in [4.69, 9.17) is 26.5 Å². The van der Waals surface area contributed by atoms with Crippen molar-refractivity contribution >= 4 is 5.69 Å². The van der Waals surface area contributed by atoms with Crippen LogP contribution in [0.2, 0.25) is 0 Å². The number of rotatable bonds is 8. The summed E-state index contributed by atoms with van der Waals surface area (Å²) in [5, 5.41) is 0. The molecule has 0 unspecified atom stereocenters. The topological polar surface area (TPSA) is 55.9 Å². The van der Waals surface area contributed by atoms with Gasteiger partial charge in [-0.2, -0.15) is 0 Å². The molecule has 0 spiro atoms. The third kappa shape index (κ3) is 8.30. The van der Waals surface area contributed by atoms with Crippen LogP contribution in [0.5, 0.6) is 0 Å². The molecule has 9 rings (SSSR count). The average Bonchev–Trinajstić information content (AvgIpc) is 3.29. The van der Waals surface area contributed by atoms with E-state index in [0.29, 0.717) is 23.2 Å². The number of benzene rings is 7. The van der Waals surface area contributed by atoms with E-state index >= 15 is 0 Å². The Hall–Kier alpha value is -7.16. The van der Waals surface area contributed by atoms with Crippen LogP contribution in [0.15, 0.2) is 182 Å². The van der Waals surface area contributed by atoms with Crippen LogP contribution in [-0.4, -0.2) is 19.9 Å². The largest absolute Gasteiger partial charge is 0.304 e. The van der Waals surface area contributed by atoms with Gasteiger partial charge in [0, 0.05) is 43.0 Å². The van der Waals surface area contributed by atoms with E-state index in [0.717, 1.165) is 61.3 Å². The van der Waals surface area contributed by atoms with Gasteiger partial charge < -0.3 is 4.98 Å². The summed E-state index contributed by atoms with van der Waals surface area (Å²) in [4.78, 5) is 23.2. The maximum absolute atomic E-state index is 7.53. The van der Waals surface area contributed by atoms with Crippen LogP contribution in [-0.2, 0) is 20.1 Å². The maximum Gasteiger partial charge on any atom is 0.187 e. The van der Waals surface area contributed by atoms with Gasteiger partial charge in [-0.05, 0) is 59.5 Å². The predicted octanol–water partition coefficient (Wildman–Crippen LogP) is 13.6. The molecular weight excluding hydrogens is 899 g/mol. The molecule has 6 heteroatoms. The maximum atomic E-state index is 7.53. The molecule has 7 aromatic carbocycles. The van der Waals surface area contributed by atoms with Crippen LogP contribution < -0.4 is 0 Å². The second-order valence-corrected chi connectivity index (χ2v) is 14.3. The minimum absolute atomic E-state index is 0. The first kappa shape index (κ1) is 38.7. The number of aromatic nitrogens is 4. The standard InChI is InChI=1S/C53H36N5.Ir/c1-35-28-36(2)30-44(29-35)46-22-10-11-23-47(46)48-26-24-41(33-49(48)40-19-12-18-39(31-40)37-14-6-4-7-15-37)50-27-25-43(34-55-50)53-57-51(38-16-8-5-9-17-38)56-52(58-53)42-20-13-21-45(32-42)54-3;/h4-23,25-34H,1-2H3;/q-1;. The van der Waals surface area contributed by atoms with Crippen molar-refractivity contribution in [2.24, 2.45) is 0 Å². The van der Waals surface area contributed by atoms with Crippen LogP contribution >= 0.6 is 0 Å². The summed E-state index contributed by atoms with van der Waals surface area (Å²) in [6.45, 7) is 11.8. The molecule has 0 fully saturated rings. The Morgan fingerprint density at radius 2 is 1.03 bits per heavy atom. The van der Waals surface area contributed by atoms with E-state index in [1.54, 1.807) is 12.1 Å². The minimum atomic E-state index is 0. The van der Waals surface area contributed by atoms with Crippen LogP contribution in [0, 0.1) is 26.5 Å². The Balaban J connectivity index is 0.00000484. The normalized spacial score (nSPS) is 10.7. The van der Waals surface area contributed by atoms with Gasteiger partial charge in [0.1, 0.15) is 0 Å². The Kier molecular flexibility index (Phi) is 11.2. The summed E-state index contributed by atoms with van der Waals surface area (Å²) in [5.74, 6) is 1.54. The van der Waals surface area contributed by atoms with Crippen LogP contribution in [0.4, 0.5) is 5.69 Å². The van der Waals surface area contributed by atoms with E-state index in [2.05, 4.69) is 128 Å². The minimum Gasteiger partial charge on any atom is -0.304 e. The van der Waals surface area contributed by atoms with Crippen molar-refractivity contribution in [3.05, 3.63) is 211 Å². The van der Waals surface area contributed by atoms with Crippen molar-refractivity contribution in [1.29, 1.82) is 0 Å². The van der Waals surface area contributed by atoms with Gasteiger partial charge in [-0.3, -0.25) is 0 Å². The summed E-state index contributed by atoms with van der Waals surface area (Å²) in [7, 11) is 0. The van der Waals surface area contributed by atoms with Crippen LogP contribution in [0.25, 0.3) is 94.8 Å². The van der Waals surface area contributed by atoms with Gasteiger partial charge in [0.05, 0.1) is 6.57 Å². The monoisotopic (exact) mass is 935 g/mol. The van der Waals surface area contributed by atoms with Crippen molar-refractivity contribution in [2.75, 3.05) is 0 Å². The molecule has 1 radical (unpaired) electrons. The predicted molar refractivity (Wildman–Crippen MR) is 236 cm³/mol. The number of hydrogen-bond donors (Lipinski definition) is 0. The zero-order chi connectivity index (χ0) is 39.4. The van der Waals surface area contributed by atoms with Crippen LogP contribution in [0.3, 0.4) is 0 Å². The summed E-state index contributed by atoms with van der Waals surface area (Å²) in [5.41, 5.74) is 16.1. The second kappa shape index (κ2) is 17.1. The van der Waals surface area contributed by atoms with Gasteiger partial charge in [0.15, 0.2) is 23.2 Å². The molecular formula is C53H36IrN5-. The summed E-state index contributed by atoms with van der Waals surface area (Å²) in [6.07, 6.45) is 1.81. The summed E-state index contributed by atoms with van der Waals surface area (Å²) in [6, 6.07) is 63.7. The van der Waals surface area contributed by atoms with Gasteiger partial charge >= 0.3 is 0 Å². The Labute approximate surface area is 358 Å². The molecule has 2 heterocycles. The molecule has 0 bridgehead atoms. The van der Waals surface area contributed by atoms with Gasteiger partial charge in [0.25, 0.3) is 0 Å². The molecule has 5 nitrogen and oxygen atoms in total. The van der Waals surface area contributed by atoms with E-state index in [1.807, 2.05) is 66.9 Å². The number of aryl methyl sites for hydroxylation is 2. The van der Waals surface area contributed by atoms with Crippen molar-refractivity contribution in [3.63, 3.8) is 0 Å². The number of pyridine rings is 1. The number of hydrogen-bond acceptors (Lipinski definition) is 4. The molecule has 0 aliphatic rings. The molecule has 9 aromatic rings. The third-order valence-electron chi connectivity index (χ3n) is 10.2. The molecule has 0 saturated carbocycles. The Morgan fingerprint density at radius 1 is 0.441 bits per heavy atom. The molecule has 0 aliphatic carbocycles. The first-order chi connectivity index (χ1) is 28.5. The molecule has 2 aromatic heterocycles. The first-order valence-corrected chi connectivity index (χ1v) is 19.1. The van der Waals surface area contributed by atoms with Crippen molar-refractivity contribution in [1.82, 2.24) is 19.9 Å². The average molecular weight is 935 g/mol. The van der Waals surface area contributed by atoms with Gasteiger partial charge in [0.2, 0.25) is 0 Å². The fourth-order valence-corrected chi connectivity index (χ4v) is 7.45. The molecule has 0 saturated heterocycles. The van der Waals surface area contributed by atoms with Gasteiger partial charge in [-0.1, -0.05) is 179 Å².